The van der Waals surface area contributed by atoms with Crippen molar-refractivity contribution in [2.75, 3.05) is 13.2 Å². The molecule has 0 bridgehead atoms. The molecular weight excluding hydrogens is 961 g/mol. The van der Waals surface area contributed by atoms with E-state index in [1.807, 2.05) is 0 Å². The third kappa shape index (κ3) is 64.5. The molecule has 0 saturated heterocycles. The third-order valence-corrected chi connectivity index (χ3v) is 15.8. The maximum Gasteiger partial charge on any atom is 0.306 e. The number of hydrogen-bond acceptors (Lipinski definition) is 6. The van der Waals surface area contributed by atoms with Gasteiger partial charge in [-0.2, -0.15) is 0 Å². The molecule has 0 aromatic heterocycles. The van der Waals surface area contributed by atoms with E-state index in [0.29, 0.717) is 19.3 Å². The number of rotatable bonds is 65. The van der Waals surface area contributed by atoms with Gasteiger partial charge in [0.2, 0.25) is 0 Å². The summed E-state index contributed by atoms with van der Waals surface area (Å²) in [5.74, 6) is -0.856. The van der Waals surface area contributed by atoms with Gasteiger partial charge in [0.05, 0.1) is 0 Å². The van der Waals surface area contributed by atoms with Crippen molar-refractivity contribution in [3.8, 4) is 0 Å². The van der Waals surface area contributed by atoms with Crippen molar-refractivity contribution in [2.45, 2.75) is 393 Å². The third-order valence-electron chi connectivity index (χ3n) is 15.8. The van der Waals surface area contributed by atoms with Gasteiger partial charge in [0.15, 0.2) is 6.10 Å². The molecule has 78 heavy (non-hydrogen) atoms. The van der Waals surface area contributed by atoms with E-state index in [0.717, 1.165) is 64.2 Å². The largest absolute Gasteiger partial charge is 0.462 e. The van der Waals surface area contributed by atoms with Gasteiger partial charge in [0.1, 0.15) is 13.2 Å². The first-order chi connectivity index (χ1) is 38.5. The zero-order valence-corrected chi connectivity index (χ0v) is 52.7. The molecule has 1 atom stereocenters. The predicted molar refractivity (Wildman–Crippen MR) is 339 cm³/mol. The fourth-order valence-corrected chi connectivity index (χ4v) is 10.5. The predicted octanol–water partition coefficient (Wildman–Crippen LogP) is 23.9. The Morgan fingerprint density at radius 2 is 0.423 bits per heavy atom. The van der Waals surface area contributed by atoms with Gasteiger partial charge >= 0.3 is 17.9 Å². The molecule has 0 fully saturated rings. The van der Waals surface area contributed by atoms with E-state index in [1.165, 1.54) is 283 Å². The SMILES string of the molecule is CCCCC/C=C\CCCCCCCC(=O)OCC(COC(=O)CCCCCCCCCCCCCCC/C=C\CCCCCCCCCC)OC(=O)CCCCCCCCCCCCC/C=C\CCCCCCCCCC. The summed E-state index contributed by atoms with van der Waals surface area (Å²) in [5, 5.41) is 0. The minimum absolute atomic E-state index is 0.0713. The Morgan fingerprint density at radius 3 is 0.667 bits per heavy atom. The lowest BCUT2D eigenvalue weighted by Crippen LogP contribution is -2.30. The molecule has 6 nitrogen and oxygen atoms in total. The maximum atomic E-state index is 12.9. The van der Waals surface area contributed by atoms with Crippen LogP contribution in [0.2, 0.25) is 0 Å². The van der Waals surface area contributed by atoms with Gasteiger partial charge in [-0.05, 0) is 96.3 Å². The maximum absolute atomic E-state index is 12.9. The Labute approximate surface area is 486 Å². The number of carbonyl (C=O) groups is 3. The summed E-state index contributed by atoms with van der Waals surface area (Å²) in [7, 11) is 0. The highest BCUT2D eigenvalue weighted by Gasteiger charge is 2.19. The molecule has 0 rings (SSSR count). The monoisotopic (exact) mass is 1100 g/mol. The second kappa shape index (κ2) is 67.1. The van der Waals surface area contributed by atoms with Gasteiger partial charge in [-0.3, -0.25) is 14.4 Å². The summed E-state index contributed by atoms with van der Waals surface area (Å²) in [6.07, 6.45) is 83.2. The molecule has 0 aliphatic heterocycles. The Morgan fingerprint density at radius 1 is 0.244 bits per heavy atom. The number of esters is 3. The summed E-state index contributed by atoms with van der Waals surface area (Å²) < 4.78 is 17.0. The van der Waals surface area contributed by atoms with Gasteiger partial charge in [-0.25, -0.2) is 0 Å². The Balaban J connectivity index is 4.22. The smallest absolute Gasteiger partial charge is 0.306 e. The highest BCUT2D eigenvalue weighted by Crippen LogP contribution is 2.18. The number of hydrogen-bond donors (Lipinski definition) is 0. The van der Waals surface area contributed by atoms with Gasteiger partial charge in [-0.15, -0.1) is 0 Å². The molecule has 458 valence electrons. The van der Waals surface area contributed by atoms with Crippen LogP contribution in [0.4, 0.5) is 0 Å². The van der Waals surface area contributed by atoms with E-state index < -0.39 is 6.10 Å². The second-order valence-corrected chi connectivity index (χ2v) is 23.8. The lowest BCUT2D eigenvalue weighted by atomic mass is 10.0. The van der Waals surface area contributed by atoms with Gasteiger partial charge in [0, 0.05) is 19.3 Å². The standard InChI is InChI=1S/C72H134O6/c1-4-7-10-13-16-19-22-25-27-29-31-33-35-36-38-39-41-43-45-47-50-53-56-59-62-65-71(74)77-68-69(67-76-70(73)64-61-58-55-52-49-24-21-18-15-12-9-6-3)78-72(75)66-63-60-57-54-51-48-46-44-42-40-37-34-32-30-28-26-23-20-17-14-11-8-5-2/h18,21,29-32,69H,4-17,19-20,22-28,33-68H2,1-3H3/b21-18-,31-29-,32-30-. The summed E-state index contributed by atoms with van der Waals surface area (Å²) in [6.45, 7) is 6.67. The zero-order chi connectivity index (χ0) is 56.4. The topological polar surface area (TPSA) is 78.9 Å². The molecule has 0 aromatic rings. The fourth-order valence-electron chi connectivity index (χ4n) is 10.5. The van der Waals surface area contributed by atoms with E-state index in [2.05, 4.69) is 57.2 Å². The average Bonchev–Trinajstić information content (AvgIpc) is 3.44. The normalized spacial score (nSPS) is 12.2. The Bertz CT molecular complexity index is 1300. The first-order valence-corrected chi connectivity index (χ1v) is 35.0. The molecule has 0 spiro atoms. The highest BCUT2D eigenvalue weighted by molar-refractivity contribution is 5.71. The van der Waals surface area contributed by atoms with Crippen LogP contribution in [0.5, 0.6) is 0 Å². The van der Waals surface area contributed by atoms with Crippen LogP contribution in [0, 0.1) is 0 Å². The second-order valence-electron chi connectivity index (χ2n) is 23.8. The van der Waals surface area contributed by atoms with E-state index in [-0.39, 0.29) is 31.1 Å². The molecule has 1 unspecified atom stereocenters. The van der Waals surface area contributed by atoms with Crippen LogP contribution in [-0.4, -0.2) is 37.2 Å². The number of allylic oxidation sites excluding steroid dienone is 6. The van der Waals surface area contributed by atoms with Crippen molar-refractivity contribution in [1.29, 1.82) is 0 Å². The van der Waals surface area contributed by atoms with Crippen LogP contribution < -0.4 is 0 Å². The minimum atomic E-state index is -0.775. The Kier molecular flexibility index (Phi) is 65.1. The van der Waals surface area contributed by atoms with E-state index in [1.54, 1.807) is 0 Å². The van der Waals surface area contributed by atoms with Crippen LogP contribution in [0.3, 0.4) is 0 Å². The van der Waals surface area contributed by atoms with Gasteiger partial charge < -0.3 is 14.2 Å². The lowest BCUT2D eigenvalue weighted by Gasteiger charge is -2.18. The summed E-state index contributed by atoms with van der Waals surface area (Å²) in [6, 6.07) is 0. The molecule has 0 aliphatic rings. The van der Waals surface area contributed by atoms with Gasteiger partial charge in [0.25, 0.3) is 0 Å². The molecule has 0 amide bonds. The van der Waals surface area contributed by atoms with Crippen LogP contribution in [0.15, 0.2) is 36.5 Å². The molecular formula is C72H134O6. The van der Waals surface area contributed by atoms with E-state index >= 15 is 0 Å². The van der Waals surface area contributed by atoms with Crippen molar-refractivity contribution < 1.29 is 28.6 Å². The fraction of sp³-hybridized carbons (Fsp3) is 0.875. The molecule has 0 heterocycles. The Hall–Kier alpha value is -2.37. The van der Waals surface area contributed by atoms with E-state index in [4.69, 9.17) is 14.2 Å². The lowest BCUT2D eigenvalue weighted by molar-refractivity contribution is -0.167. The zero-order valence-electron chi connectivity index (χ0n) is 52.7. The first kappa shape index (κ1) is 75.6. The minimum Gasteiger partial charge on any atom is -0.462 e. The summed E-state index contributed by atoms with van der Waals surface area (Å²) >= 11 is 0. The molecule has 0 N–H and O–H groups in total. The summed E-state index contributed by atoms with van der Waals surface area (Å²) in [4.78, 5) is 38.4. The number of ether oxygens (including phenoxy) is 3. The molecule has 0 saturated carbocycles. The number of carbonyl (C=O) groups excluding carboxylic acids is 3. The first-order valence-electron chi connectivity index (χ1n) is 35.0. The van der Waals surface area contributed by atoms with E-state index in [9.17, 15) is 14.4 Å². The van der Waals surface area contributed by atoms with Crippen molar-refractivity contribution in [1.82, 2.24) is 0 Å². The van der Waals surface area contributed by atoms with Crippen LogP contribution in [0.1, 0.15) is 387 Å². The highest BCUT2D eigenvalue weighted by atomic mass is 16.6. The molecule has 0 aliphatic carbocycles. The van der Waals surface area contributed by atoms with Crippen molar-refractivity contribution in [2.24, 2.45) is 0 Å². The summed E-state index contributed by atoms with van der Waals surface area (Å²) in [5.41, 5.74) is 0. The number of unbranched alkanes of at least 4 members (excludes halogenated alkanes) is 48. The average molecular weight is 1100 g/mol. The van der Waals surface area contributed by atoms with Crippen LogP contribution in [0.25, 0.3) is 0 Å². The van der Waals surface area contributed by atoms with Crippen LogP contribution >= 0.6 is 0 Å². The molecule has 0 radical (unpaired) electrons. The molecule has 0 aromatic carbocycles. The molecule has 6 heteroatoms. The van der Waals surface area contributed by atoms with Gasteiger partial charge in [-0.1, -0.05) is 308 Å². The van der Waals surface area contributed by atoms with Crippen molar-refractivity contribution in [3.05, 3.63) is 36.5 Å². The quantitative estimate of drug-likeness (QED) is 0.0261. The van der Waals surface area contributed by atoms with Crippen LogP contribution in [-0.2, 0) is 28.6 Å². The van der Waals surface area contributed by atoms with Crippen molar-refractivity contribution >= 4 is 17.9 Å². The van der Waals surface area contributed by atoms with Crippen molar-refractivity contribution in [3.63, 3.8) is 0 Å².